The molecule has 1 aliphatic heterocycles. The number of nitrogens with one attached hydrogen (secondary N) is 3. The Bertz CT molecular complexity index is 729. The first-order valence-corrected chi connectivity index (χ1v) is 8.47. The molecule has 6 nitrogen and oxygen atoms in total. The van der Waals surface area contributed by atoms with Crippen LogP contribution in [0.25, 0.3) is 0 Å². The van der Waals surface area contributed by atoms with Crippen LogP contribution in [0.4, 0.5) is 0 Å². The maximum atomic E-state index is 12.2. The molecule has 0 atom stereocenters. The first-order valence-electron chi connectivity index (χ1n) is 8.09. The number of benzene rings is 1. The van der Waals surface area contributed by atoms with Crippen LogP contribution in [-0.2, 0) is 13.0 Å². The fourth-order valence-corrected chi connectivity index (χ4v) is 2.95. The minimum atomic E-state index is -0.140. The lowest BCUT2D eigenvalue weighted by Gasteiger charge is -2.13. The molecule has 1 aromatic heterocycles. The number of aryl methyl sites for hydroxylation is 1. The number of hydrogen-bond donors (Lipinski definition) is 3. The summed E-state index contributed by atoms with van der Waals surface area (Å²) in [7, 11) is 0. The van der Waals surface area contributed by atoms with Gasteiger partial charge in [0.25, 0.3) is 5.91 Å². The molecule has 0 saturated carbocycles. The van der Waals surface area contributed by atoms with E-state index in [1.54, 1.807) is 6.07 Å². The number of fused-ring (bicyclic) bond motifs is 1. The number of rotatable bonds is 6. The quantitative estimate of drug-likeness (QED) is 0.699. The van der Waals surface area contributed by atoms with Crippen molar-refractivity contribution in [1.29, 1.82) is 0 Å². The van der Waals surface area contributed by atoms with Gasteiger partial charge < -0.3 is 15.4 Å². The van der Waals surface area contributed by atoms with Gasteiger partial charge in [-0.2, -0.15) is 5.10 Å². The number of ether oxygens (including phenoxy) is 1. The Balaban J connectivity index is 1.43. The van der Waals surface area contributed by atoms with E-state index in [0.29, 0.717) is 30.4 Å². The molecule has 7 heteroatoms. The van der Waals surface area contributed by atoms with Crippen LogP contribution in [-0.4, -0.2) is 35.8 Å². The van der Waals surface area contributed by atoms with E-state index in [1.165, 1.54) is 0 Å². The average molecular weight is 349 g/mol. The second-order valence-corrected chi connectivity index (χ2v) is 6.26. The number of H-pyrrole nitrogens is 1. The van der Waals surface area contributed by atoms with Crippen molar-refractivity contribution in [2.75, 3.05) is 19.7 Å². The van der Waals surface area contributed by atoms with Gasteiger partial charge in [-0.25, -0.2) is 0 Å². The van der Waals surface area contributed by atoms with Crippen LogP contribution in [0.3, 0.4) is 0 Å². The van der Waals surface area contributed by atoms with Crippen molar-refractivity contribution >= 4 is 17.5 Å². The maximum Gasteiger partial charge on any atom is 0.272 e. The van der Waals surface area contributed by atoms with E-state index >= 15 is 0 Å². The smallest absolute Gasteiger partial charge is 0.272 e. The number of carbonyl (C=O) groups excluding carboxylic acids is 1. The Morgan fingerprint density at radius 2 is 2.33 bits per heavy atom. The van der Waals surface area contributed by atoms with Gasteiger partial charge in [0, 0.05) is 42.3 Å². The molecule has 0 radical (unpaired) electrons. The maximum absolute atomic E-state index is 12.2. The molecule has 3 rings (SSSR count). The molecule has 0 fully saturated rings. The Kier molecular flexibility index (Phi) is 5.37. The zero-order chi connectivity index (χ0) is 16.9. The van der Waals surface area contributed by atoms with Crippen molar-refractivity contribution in [3.05, 3.63) is 45.7 Å². The Morgan fingerprint density at radius 3 is 3.17 bits per heavy atom. The highest BCUT2D eigenvalue weighted by atomic mass is 35.5. The van der Waals surface area contributed by atoms with Crippen molar-refractivity contribution in [3.8, 4) is 5.75 Å². The van der Waals surface area contributed by atoms with E-state index in [9.17, 15) is 4.79 Å². The minimum absolute atomic E-state index is 0.140. The van der Waals surface area contributed by atoms with E-state index in [0.717, 1.165) is 42.0 Å². The Labute approximate surface area is 145 Å². The molecule has 0 aliphatic carbocycles. The van der Waals surface area contributed by atoms with E-state index in [1.807, 2.05) is 19.1 Å². The van der Waals surface area contributed by atoms with Crippen LogP contribution < -0.4 is 15.4 Å². The lowest BCUT2D eigenvalue weighted by Crippen LogP contribution is -2.29. The number of aromatic amines is 1. The molecule has 24 heavy (non-hydrogen) atoms. The second-order valence-electron chi connectivity index (χ2n) is 5.82. The van der Waals surface area contributed by atoms with Gasteiger partial charge in [0.1, 0.15) is 5.75 Å². The molecule has 0 spiro atoms. The number of halogens is 1. The molecule has 1 aromatic carbocycles. The molecular formula is C17H21ClN4O2. The normalized spacial score (nSPS) is 13.4. The van der Waals surface area contributed by atoms with Crippen LogP contribution >= 0.6 is 11.6 Å². The third-order valence-corrected chi connectivity index (χ3v) is 4.26. The zero-order valence-electron chi connectivity index (χ0n) is 13.6. The fraction of sp³-hybridized carbons (Fsp3) is 0.412. The molecule has 2 heterocycles. The minimum Gasteiger partial charge on any atom is -0.493 e. The van der Waals surface area contributed by atoms with Gasteiger partial charge >= 0.3 is 0 Å². The number of hydrogen-bond acceptors (Lipinski definition) is 4. The van der Waals surface area contributed by atoms with E-state index < -0.39 is 0 Å². The summed E-state index contributed by atoms with van der Waals surface area (Å²) in [5, 5.41) is 13.9. The van der Waals surface area contributed by atoms with E-state index in [2.05, 4.69) is 20.8 Å². The summed E-state index contributed by atoms with van der Waals surface area (Å²) in [6, 6.07) is 5.53. The largest absolute Gasteiger partial charge is 0.493 e. The topological polar surface area (TPSA) is 79.0 Å². The van der Waals surface area contributed by atoms with Gasteiger partial charge in [-0.05, 0) is 37.1 Å². The first-order chi connectivity index (χ1) is 11.6. The monoisotopic (exact) mass is 348 g/mol. The Morgan fingerprint density at radius 1 is 1.46 bits per heavy atom. The summed E-state index contributed by atoms with van der Waals surface area (Å²) in [6.07, 6.45) is 1.60. The van der Waals surface area contributed by atoms with Gasteiger partial charge in [0.2, 0.25) is 0 Å². The van der Waals surface area contributed by atoms with Crippen LogP contribution in [0.1, 0.15) is 33.7 Å². The van der Waals surface area contributed by atoms with E-state index in [-0.39, 0.29) is 5.91 Å². The van der Waals surface area contributed by atoms with Crippen LogP contribution in [0.2, 0.25) is 5.02 Å². The highest BCUT2D eigenvalue weighted by molar-refractivity contribution is 6.30. The summed E-state index contributed by atoms with van der Waals surface area (Å²) in [5.74, 6) is 0.678. The van der Waals surface area contributed by atoms with Crippen LogP contribution in [0.5, 0.6) is 5.75 Å². The summed E-state index contributed by atoms with van der Waals surface area (Å²) < 4.78 is 5.71. The zero-order valence-corrected chi connectivity index (χ0v) is 14.4. The summed E-state index contributed by atoms with van der Waals surface area (Å²) in [6.45, 7) is 4.63. The molecule has 1 amide bonds. The molecule has 2 aromatic rings. The second kappa shape index (κ2) is 7.68. The molecule has 0 saturated heterocycles. The standard InChI is InChI=1S/C17H21ClN4O2/c1-11-9-12(18)3-4-15(11)24-8-2-6-20-17(23)16-13-10-19-7-5-14(13)21-22-16/h3-4,9,19H,2,5-8,10H2,1H3,(H,20,23)(H,21,22). The number of carbonyl (C=O) groups is 1. The van der Waals surface area contributed by atoms with Gasteiger partial charge in [-0.15, -0.1) is 0 Å². The van der Waals surface area contributed by atoms with Gasteiger partial charge in [0.05, 0.1) is 6.61 Å². The lowest BCUT2D eigenvalue weighted by atomic mass is 10.1. The highest BCUT2D eigenvalue weighted by Crippen LogP contribution is 2.21. The fourth-order valence-electron chi connectivity index (χ4n) is 2.73. The van der Waals surface area contributed by atoms with Crippen molar-refractivity contribution in [2.24, 2.45) is 0 Å². The van der Waals surface area contributed by atoms with Crippen LogP contribution in [0.15, 0.2) is 18.2 Å². The third kappa shape index (κ3) is 3.88. The summed E-state index contributed by atoms with van der Waals surface area (Å²) in [5.41, 5.74) is 3.53. The molecule has 1 aliphatic rings. The van der Waals surface area contributed by atoms with Crippen molar-refractivity contribution in [1.82, 2.24) is 20.8 Å². The van der Waals surface area contributed by atoms with Crippen molar-refractivity contribution in [2.45, 2.75) is 26.3 Å². The summed E-state index contributed by atoms with van der Waals surface area (Å²) >= 11 is 5.92. The SMILES string of the molecule is Cc1cc(Cl)ccc1OCCCNC(=O)c1n[nH]c2c1CNCC2. The van der Waals surface area contributed by atoms with Gasteiger partial charge in [-0.3, -0.25) is 9.89 Å². The van der Waals surface area contributed by atoms with Gasteiger partial charge in [-0.1, -0.05) is 11.6 Å². The average Bonchev–Trinajstić information content (AvgIpc) is 3.00. The molecule has 3 N–H and O–H groups in total. The first kappa shape index (κ1) is 16.8. The van der Waals surface area contributed by atoms with E-state index in [4.69, 9.17) is 16.3 Å². The Hall–Kier alpha value is -2.05. The molecule has 0 unspecified atom stereocenters. The predicted molar refractivity (Wildman–Crippen MR) is 92.6 cm³/mol. The molecule has 0 bridgehead atoms. The third-order valence-electron chi connectivity index (χ3n) is 4.02. The number of aromatic nitrogens is 2. The highest BCUT2D eigenvalue weighted by Gasteiger charge is 2.20. The molecule has 128 valence electrons. The predicted octanol–water partition coefficient (Wildman–Crippen LogP) is 2.22. The van der Waals surface area contributed by atoms with Crippen molar-refractivity contribution < 1.29 is 9.53 Å². The van der Waals surface area contributed by atoms with Crippen molar-refractivity contribution in [3.63, 3.8) is 0 Å². The number of nitrogens with zero attached hydrogens (tertiary/aromatic N) is 1. The molecular weight excluding hydrogens is 328 g/mol. The number of amides is 1. The van der Waals surface area contributed by atoms with Crippen LogP contribution in [0, 0.1) is 6.92 Å². The lowest BCUT2D eigenvalue weighted by molar-refractivity contribution is 0.0945. The van der Waals surface area contributed by atoms with Gasteiger partial charge in [0.15, 0.2) is 5.69 Å². The summed E-state index contributed by atoms with van der Waals surface area (Å²) in [4.78, 5) is 12.2.